The van der Waals surface area contributed by atoms with Crippen molar-refractivity contribution in [3.63, 3.8) is 0 Å². The van der Waals surface area contributed by atoms with Crippen LogP contribution in [-0.2, 0) is 0 Å². The molecule has 5 aliphatic rings. The Morgan fingerprint density at radius 3 is 2.64 bits per heavy atom. The number of anilines is 1. The zero-order valence-corrected chi connectivity index (χ0v) is 24.0. The number of rotatable bonds is 5. The molecule has 0 aliphatic carbocycles. The Balaban J connectivity index is 1.27. The number of pyridine rings is 1. The highest BCUT2D eigenvalue weighted by Crippen LogP contribution is 2.46. The van der Waals surface area contributed by atoms with Crippen LogP contribution in [0.3, 0.4) is 0 Å². The minimum atomic E-state index is -2.10. The van der Waals surface area contributed by atoms with E-state index in [2.05, 4.69) is 20.2 Å². The van der Waals surface area contributed by atoms with E-state index >= 15 is 8.78 Å². The number of fused-ring (bicyclic) bond motifs is 6. The summed E-state index contributed by atoms with van der Waals surface area (Å²) in [6.07, 6.45) is 3.15. The molecule has 0 radical (unpaired) electrons. The molecule has 0 saturated carbocycles. The number of nitrogens with one attached hydrogen (secondary N) is 1. The van der Waals surface area contributed by atoms with Crippen molar-refractivity contribution in [1.29, 1.82) is 0 Å². The maximum absolute atomic E-state index is 16.6. The van der Waals surface area contributed by atoms with Crippen molar-refractivity contribution in [2.24, 2.45) is 0 Å². The highest BCUT2D eigenvalue weighted by atomic mass is 19.2. The van der Waals surface area contributed by atoms with Gasteiger partial charge in [0, 0.05) is 55.3 Å². The summed E-state index contributed by atoms with van der Waals surface area (Å²) in [6, 6.07) is 4.74. The van der Waals surface area contributed by atoms with E-state index in [-0.39, 0.29) is 77.4 Å². The monoisotopic (exact) mass is 624 g/mol. The third-order valence-electron chi connectivity index (χ3n) is 9.92. The largest absolute Gasteiger partial charge is 0.508 e. The average molecular weight is 625 g/mol. The van der Waals surface area contributed by atoms with Gasteiger partial charge in [0.1, 0.15) is 29.4 Å². The van der Waals surface area contributed by atoms with Gasteiger partial charge in [-0.1, -0.05) is 6.07 Å². The summed E-state index contributed by atoms with van der Waals surface area (Å²) < 4.78 is 52.1. The molecule has 2 aromatic carbocycles. The Hall–Kier alpha value is -3.82. The lowest BCUT2D eigenvalue weighted by molar-refractivity contribution is -0.257. The number of β-amino-alcohol motifs (C(OH)–C–C–N with tert-alkyl or cyclic N) is 1. The first-order valence-corrected chi connectivity index (χ1v) is 15.0. The molecule has 4 unspecified atom stereocenters. The number of aromatic nitrogens is 3. The Morgan fingerprint density at radius 1 is 1.04 bits per heavy atom. The number of hydrogen-bond acceptors (Lipinski definition) is 11. The van der Waals surface area contributed by atoms with E-state index in [9.17, 15) is 24.8 Å². The number of aliphatic hydroxyl groups is 3. The summed E-state index contributed by atoms with van der Waals surface area (Å²) in [5, 5.41) is 45.5. The summed E-state index contributed by atoms with van der Waals surface area (Å²) in [7, 11) is 0. The molecule has 11 nitrogen and oxygen atoms in total. The van der Waals surface area contributed by atoms with Gasteiger partial charge in [0.2, 0.25) is 5.91 Å². The fourth-order valence-corrected chi connectivity index (χ4v) is 7.75. The van der Waals surface area contributed by atoms with Crippen molar-refractivity contribution in [1.82, 2.24) is 25.2 Å². The quantitative estimate of drug-likeness (QED) is 0.209. The molecule has 236 valence electrons. The van der Waals surface area contributed by atoms with Crippen molar-refractivity contribution in [3.8, 4) is 23.0 Å². The third-order valence-corrected chi connectivity index (χ3v) is 9.92. The Bertz CT molecular complexity index is 1850. The van der Waals surface area contributed by atoms with Crippen molar-refractivity contribution in [2.45, 2.75) is 61.7 Å². The molecule has 0 amide bonds. The van der Waals surface area contributed by atoms with Crippen LogP contribution in [0.15, 0.2) is 30.5 Å². The Morgan fingerprint density at radius 2 is 1.89 bits per heavy atom. The average Bonchev–Trinajstić information content (AvgIpc) is 3.49. The second kappa shape index (κ2) is 10.1. The lowest BCUT2D eigenvalue weighted by Crippen LogP contribution is -2.61. The van der Waals surface area contributed by atoms with E-state index in [4.69, 9.17) is 9.72 Å². The fraction of sp³-hybridized carbons (Fsp3) is 0.452. The van der Waals surface area contributed by atoms with E-state index in [1.165, 1.54) is 23.2 Å². The standard InChI is InChI=1S/C31H31F3N6O5/c32-22-4-1-15-7-18(41)8-20(23(15)24(22)33)26-25(34)27-21(11-36-26)28(39-12-16-2-3-17(39)10-35-16)38-29(37-27)45-14-30-5-6-31(43,44)40(30)13-19(42)9-30/h1,4,7-8,11,16-17,19,35,41-44H,2-3,5-6,9-10,12-14H2. The summed E-state index contributed by atoms with van der Waals surface area (Å²) >= 11 is 0. The zero-order valence-electron chi connectivity index (χ0n) is 24.0. The SMILES string of the molecule is Oc1cc(-c2ncc3c(N4CC5CCC4CN5)nc(OCC45CCC(O)(O)N4CC(O)C5)nc3c2F)c2c(F)c(F)ccc2c1. The van der Waals surface area contributed by atoms with Crippen LogP contribution in [0.1, 0.15) is 32.1 Å². The highest BCUT2D eigenvalue weighted by molar-refractivity contribution is 6.00. The third kappa shape index (κ3) is 4.49. The van der Waals surface area contributed by atoms with Crippen molar-refractivity contribution < 1.29 is 38.3 Å². The zero-order chi connectivity index (χ0) is 31.2. The van der Waals surface area contributed by atoms with Crippen molar-refractivity contribution in [3.05, 3.63) is 47.9 Å². The van der Waals surface area contributed by atoms with Gasteiger partial charge in [-0.15, -0.1) is 0 Å². The number of ether oxygens (including phenoxy) is 1. The molecule has 5 N–H and O–H groups in total. The summed E-state index contributed by atoms with van der Waals surface area (Å²) in [5.41, 5.74) is -1.53. The number of benzene rings is 2. The van der Waals surface area contributed by atoms with Gasteiger partial charge in [-0.25, -0.2) is 18.1 Å². The van der Waals surface area contributed by atoms with Gasteiger partial charge in [-0.3, -0.25) is 4.98 Å². The molecule has 5 aliphatic heterocycles. The summed E-state index contributed by atoms with van der Waals surface area (Å²) in [6.45, 7) is 1.30. The van der Waals surface area contributed by atoms with E-state index in [0.29, 0.717) is 30.7 Å². The van der Waals surface area contributed by atoms with Crippen LogP contribution in [0.4, 0.5) is 19.0 Å². The van der Waals surface area contributed by atoms with Crippen molar-refractivity contribution >= 4 is 27.5 Å². The number of nitrogens with zero attached hydrogens (tertiary/aromatic N) is 5. The molecule has 2 bridgehead atoms. The lowest BCUT2D eigenvalue weighted by atomic mass is 9.93. The van der Waals surface area contributed by atoms with E-state index in [0.717, 1.165) is 25.0 Å². The first kappa shape index (κ1) is 28.6. The van der Waals surface area contributed by atoms with Gasteiger partial charge in [-0.2, -0.15) is 9.97 Å². The molecule has 7 heterocycles. The highest BCUT2D eigenvalue weighted by Gasteiger charge is 2.59. The molecule has 4 atom stereocenters. The number of aliphatic hydroxyl groups excluding tert-OH is 1. The molecule has 2 aromatic heterocycles. The molecule has 45 heavy (non-hydrogen) atoms. The van der Waals surface area contributed by atoms with Gasteiger partial charge >= 0.3 is 6.01 Å². The minimum absolute atomic E-state index is 0.0583. The molecular weight excluding hydrogens is 593 g/mol. The smallest absolute Gasteiger partial charge is 0.319 e. The van der Waals surface area contributed by atoms with Crippen LogP contribution in [0.5, 0.6) is 11.8 Å². The van der Waals surface area contributed by atoms with Crippen molar-refractivity contribution in [2.75, 3.05) is 31.1 Å². The molecule has 5 fully saturated rings. The van der Waals surface area contributed by atoms with Crippen LogP contribution in [0.2, 0.25) is 0 Å². The van der Waals surface area contributed by atoms with Gasteiger partial charge in [-0.05, 0) is 49.3 Å². The van der Waals surface area contributed by atoms with Crippen LogP contribution in [0.25, 0.3) is 32.9 Å². The van der Waals surface area contributed by atoms with Crippen LogP contribution in [0, 0.1) is 17.5 Å². The summed E-state index contributed by atoms with van der Waals surface area (Å²) in [5.74, 6) is -5.22. The maximum atomic E-state index is 16.6. The van der Waals surface area contributed by atoms with Crippen LogP contribution in [-0.4, -0.2) is 96.2 Å². The first-order valence-electron chi connectivity index (χ1n) is 15.0. The van der Waals surface area contributed by atoms with Gasteiger partial charge in [0.25, 0.3) is 0 Å². The van der Waals surface area contributed by atoms with Gasteiger partial charge in [0.15, 0.2) is 17.5 Å². The molecule has 5 saturated heterocycles. The molecule has 14 heteroatoms. The Labute approximate surface area is 254 Å². The number of piperidine rings is 2. The lowest BCUT2D eigenvalue weighted by Gasteiger charge is -2.46. The van der Waals surface area contributed by atoms with Crippen LogP contribution >= 0.6 is 0 Å². The van der Waals surface area contributed by atoms with Gasteiger partial charge < -0.3 is 35.4 Å². The fourth-order valence-electron chi connectivity index (χ4n) is 7.75. The second-order valence-corrected chi connectivity index (χ2v) is 12.7. The molecule has 4 aromatic rings. The minimum Gasteiger partial charge on any atom is -0.508 e. The van der Waals surface area contributed by atoms with E-state index in [1.54, 1.807) is 0 Å². The van der Waals surface area contributed by atoms with E-state index in [1.807, 2.05) is 0 Å². The topological polar surface area (TPSA) is 147 Å². The number of phenolic OH excluding ortho intramolecular Hbond substituents is 1. The van der Waals surface area contributed by atoms with Gasteiger partial charge in [0.05, 0.1) is 17.0 Å². The predicted molar refractivity (Wildman–Crippen MR) is 156 cm³/mol. The molecule has 0 spiro atoms. The Kier molecular flexibility index (Phi) is 6.42. The number of aromatic hydroxyl groups is 1. The molecule has 9 rings (SSSR count). The predicted octanol–water partition coefficient (Wildman–Crippen LogP) is 2.52. The second-order valence-electron chi connectivity index (χ2n) is 12.7. The number of halogens is 3. The number of hydrogen-bond donors (Lipinski definition) is 5. The number of piperazine rings is 1. The molecular formula is C31H31F3N6O5. The van der Waals surface area contributed by atoms with Crippen LogP contribution < -0.4 is 15.0 Å². The maximum Gasteiger partial charge on any atom is 0.319 e. The number of phenols is 1. The van der Waals surface area contributed by atoms with E-state index < -0.39 is 35.0 Å². The normalized spacial score (nSPS) is 27.5. The summed E-state index contributed by atoms with van der Waals surface area (Å²) in [4.78, 5) is 17.0. The first-order chi connectivity index (χ1) is 21.5.